The lowest BCUT2D eigenvalue weighted by atomic mass is 10.2. The second-order valence-corrected chi connectivity index (χ2v) is 5.46. The third kappa shape index (κ3) is 4.74. The molecule has 0 bridgehead atoms. The number of carbonyl (C=O) groups is 1. The summed E-state index contributed by atoms with van der Waals surface area (Å²) in [6.45, 7) is 8.44. The first-order chi connectivity index (χ1) is 8.56. The molecule has 0 aliphatic heterocycles. The topological polar surface area (TPSA) is 51.2 Å². The first-order valence-electron chi connectivity index (χ1n) is 6.43. The maximum Gasteiger partial charge on any atom is 0.307 e. The maximum absolute atomic E-state index is 11.3. The van der Waals surface area contributed by atoms with Crippen molar-refractivity contribution in [3.63, 3.8) is 0 Å². The number of nitrogens with one attached hydrogen (secondary N) is 1. The molecule has 18 heavy (non-hydrogen) atoms. The second-order valence-electron chi connectivity index (χ2n) is 4.32. The number of aryl methyl sites for hydroxylation is 1. The van der Waals surface area contributed by atoms with E-state index in [1.54, 1.807) is 11.3 Å². The Morgan fingerprint density at radius 2 is 2.22 bits per heavy atom. The standard InChI is InChI=1S/C13H22N2O2S/c1-5-11-8-14-13(18-11)10(4)15-9(3)7-12(16)17-6-2/h8-10,15H,5-7H2,1-4H3. The molecule has 5 heteroatoms. The van der Waals surface area contributed by atoms with E-state index in [9.17, 15) is 4.79 Å². The molecule has 1 rings (SSSR count). The highest BCUT2D eigenvalue weighted by molar-refractivity contribution is 7.11. The van der Waals surface area contributed by atoms with Gasteiger partial charge in [-0.25, -0.2) is 4.98 Å². The van der Waals surface area contributed by atoms with Crippen LogP contribution in [0, 0.1) is 0 Å². The minimum absolute atomic E-state index is 0.0908. The summed E-state index contributed by atoms with van der Waals surface area (Å²) in [7, 11) is 0. The van der Waals surface area contributed by atoms with Gasteiger partial charge in [0.1, 0.15) is 5.01 Å². The Bertz CT molecular complexity index is 379. The fourth-order valence-corrected chi connectivity index (χ4v) is 2.58. The molecule has 0 spiro atoms. The van der Waals surface area contributed by atoms with Gasteiger partial charge in [0.15, 0.2) is 0 Å². The predicted octanol–water partition coefficient (Wildman–Crippen LogP) is 2.70. The van der Waals surface area contributed by atoms with E-state index in [1.807, 2.05) is 20.0 Å². The van der Waals surface area contributed by atoms with Crippen molar-refractivity contribution in [1.29, 1.82) is 0 Å². The molecule has 4 nitrogen and oxygen atoms in total. The van der Waals surface area contributed by atoms with Crippen LogP contribution in [-0.2, 0) is 16.0 Å². The van der Waals surface area contributed by atoms with E-state index in [0.717, 1.165) is 11.4 Å². The Morgan fingerprint density at radius 1 is 1.50 bits per heavy atom. The SMILES string of the molecule is CCOC(=O)CC(C)NC(C)c1ncc(CC)s1. The van der Waals surface area contributed by atoms with Crippen LogP contribution in [0.3, 0.4) is 0 Å². The number of carbonyl (C=O) groups excluding carboxylic acids is 1. The average Bonchev–Trinajstić information content (AvgIpc) is 2.77. The molecule has 0 radical (unpaired) electrons. The third-order valence-electron chi connectivity index (χ3n) is 2.60. The molecule has 1 heterocycles. The Balaban J connectivity index is 2.43. The summed E-state index contributed by atoms with van der Waals surface area (Å²) >= 11 is 1.72. The molecular formula is C13H22N2O2S. The zero-order chi connectivity index (χ0) is 13.5. The zero-order valence-corrected chi connectivity index (χ0v) is 12.3. The molecule has 1 N–H and O–H groups in total. The van der Waals surface area contributed by atoms with Crippen LogP contribution in [0.1, 0.15) is 50.0 Å². The fraction of sp³-hybridized carbons (Fsp3) is 0.692. The van der Waals surface area contributed by atoms with Gasteiger partial charge < -0.3 is 10.1 Å². The molecule has 0 amide bonds. The number of aromatic nitrogens is 1. The van der Waals surface area contributed by atoms with E-state index < -0.39 is 0 Å². The highest BCUT2D eigenvalue weighted by Gasteiger charge is 2.15. The van der Waals surface area contributed by atoms with Crippen LogP contribution in [-0.4, -0.2) is 23.6 Å². The lowest BCUT2D eigenvalue weighted by molar-refractivity contribution is -0.143. The van der Waals surface area contributed by atoms with Crippen LogP contribution >= 0.6 is 11.3 Å². The van der Waals surface area contributed by atoms with Crippen molar-refractivity contribution < 1.29 is 9.53 Å². The number of nitrogens with zero attached hydrogens (tertiary/aromatic N) is 1. The minimum atomic E-state index is -0.155. The summed E-state index contributed by atoms with van der Waals surface area (Å²) in [5, 5.41) is 4.44. The van der Waals surface area contributed by atoms with Crippen LogP contribution in [0.25, 0.3) is 0 Å². The quantitative estimate of drug-likeness (QED) is 0.774. The summed E-state index contributed by atoms with van der Waals surface area (Å²) < 4.78 is 4.93. The maximum atomic E-state index is 11.3. The highest BCUT2D eigenvalue weighted by Crippen LogP contribution is 2.20. The Morgan fingerprint density at radius 3 is 2.78 bits per heavy atom. The van der Waals surface area contributed by atoms with E-state index in [1.165, 1.54) is 4.88 Å². The van der Waals surface area contributed by atoms with Crippen molar-refractivity contribution in [3.05, 3.63) is 16.1 Å². The summed E-state index contributed by atoms with van der Waals surface area (Å²) in [6, 6.07) is 0.257. The van der Waals surface area contributed by atoms with Gasteiger partial charge in [-0.05, 0) is 27.2 Å². The number of thiazole rings is 1. The van der Waals surface area contributed by atoms with Crippen LogP contribution in [0.5, 0.6) is 0 Å². The van der Waals surface area contributed by atoms with Crippen molar-refractivity contribution >= 4 is 17.3 Å². The van der Waals surface area contributed by atoms with Gasteiger partial charge in [0.2, 0.25) is 0 Å². The molecule has 2 atom stereocenters. The molecule has 0 aliphatic carbocycles. The van der Waals surface area contributed by atoms with Crippen LogP contribution in [0.2, 0.25) is 0 Å². The molecule has 0 aliphatic rings. The summed E-state index contributed by atoms with van der Waals surface area (Å²) in [5.41, 5.74) is 0. The largest absolute Gasteiger partial charge is 0.466 e. The highest BCUT2D eigenvalue weighted by atomic mass is 32.1. The first kappa shape index (κ1) is 15.1. The average molecular weight is 270 g/mol. The molecule has 2 unspecified atom stereocenters. The predicted molar refractivity (Wildman–Crippen MR) is 73.8 cm³/mol. The lowest BCUT2D eigenvalue weighted by Crippen LogP contribution is -2.31. The van der Waals surface area contributed by atoms with Gasteiger partial charge in [0.05, 0.1) is 19.1 Å². The molecule has 0 saturated heterocycles. The van der Waals surface area contributed by atoms with E-state index >= 15 is 0 Å². The Kier molecular flexibility index (Phi) is 6.29. The van der Waals surface area contributed by atoms with Gasteiger partial charge in [-0.3, -0.25) is 4.79 Å². The number of hydrogen-bond donors (Lipinski definition) is 1. The van der Waals surface area contributed by atoms with Crippen molar-refractivity contribution in [2.45, 2.75) is 52.6 Å². The Hall–Kier alpha value is -0.940. The lowest BCUT2D eigenvalue weighted by Gasteiger charge is -2.17. The smallest absolute Gasteiger partial charge is 0.307 e. The summed E-state index contributed by atoms with van der Waals surface area (Å²) in [4.78, 5) is 17.0. The van der Waals surface area contributed by atoms with Crippen molar-refractivity contribution in [2.75, 3.05) is 6.61 Å². The van der Waals surface area contributed by atoms with Crippen LogP contribution in [0.4, 0.5) is 0 Å². The summed E-state index contributed by atoms with van der Waals surface area (Å²) in [6.07, 6.45) is 3.33. The van der Waals surface area contributed by atoms with Crippen molar-refractivity contribution in [2.24, 2.45) is 0 Å². The van der Waals surface area contributed by atoms with Crippen molar-refractivity contribution in [3.8, 4) is 0 Å². The van der Waals surface area contributed by atoms with Crippen LogP contribution in [0.15, 0.2) is 6.20 Å². The zero-order valence-electron chi connectivity index (χ0n) is 11.5. The molecule has 0 aromatic carbocycles. The van der Waals surface area contributed by atoms with E-state index in [2.05, 4.69) is 24.1 Å². The molecule has 0 saturated carbocycles. The Labute approximate surface area is 113 Å². The third-order valence-corrected chi connectivity index (χ3v) is 3.93. The normalized spacial score (nSPS) is 14.2. The van der Waals surface area contributed by atoms with Crippen molar-refractivity contribution in [1.82, 2.24) is 10.3 Å². The second kappa shape index (κ2) is 7.48. The van der Waals surface area contributed by atoms with E-state index in [0.29, 0.717) is 13.0 Å². The van der Waals surface area contributed by atoms with E-state index in [4.69, 9.17) is 4.74 Å². The minimum Gasteiger partial charge on any atom is -0.466 e. The van der Waals surface area contributed by atoms with Crippen LogP contribution < -0.4 is 5.32 Å². The fourth-order valence-electron chi connectivity index (χ4n) is 1.71. The molecule has 1 aromatic heterocycles. The molecule has 102 valence electrons. The molecular weight excluding hydrogens is 248 g/mol. The van der Waals surface area contributed by atoms with Gasteiger partial charge in [-0.2, -0.15) is 0 Å². The molecule has 0 fully saturated rings. The van der Waals surface area contributed by atoms with E-state index in [-0.39, 0.29) is 18.1 Å². The number of esters is 1. The molecule has 1 aromatic rings. The monoisotopic (exact) mass is 270 g/mol. The summed E-state index contributed by atoms with van der Waals surface area (Å²) in [5.74, 6) is -0.155. The number of rotatable bonds is 7. The van der Waals surface area contributed by atoms with Gasteiger partial charge in [0.25, 0.3) is 0 Å². The van der Waals surface area contributed by atoms with Gasteiger partial charge in [0, 0.05) is 17.1 Å². The van der Waals surface area contributed by atoms with Gasteiger partial charge in [-0.1, -0.05) is 6.92 Å². The van der Waals surface area contributed by atoms with Gasteiger partial charge >= 0.3 is 5.97 Å². The van der Waals surface area contributed by atoms with Gasteiger partial charge in [-0.15, -0.1) is 11.3 Å². The number of hydrogen-bond acceptors (Lipinski definition) is 5. The number of ether oxygens (including phenoxy) is 1. The first-order valence-corrected chi connectivity index (χ1v) is 7.24.